The molecule has 7 heteroatoms. The van der Waals surface area contributed by atoms with E-state index in [4.69, 9.17) is 14.2 Å². The summed E-state index contributed by atoms with van der Waals surface area (Å²) >= 11 is 0. The van der Waals surface area contributed by atoms with Crippen LogP contribution in [-0.2, 0) is 23.8 Å². The van der Waals surface area contributed by atoms with Crippen LogP contribution in [0.2, 0.25) is 0 Å². The van der Waals surface area contributed by atoms with E-state index in [9.17, 15) is 19.8 Å². The number of ether oxygens (including phenoxy) is 3. The van der Waals surface area contributed by atoms with Crippen molar-refractivity contribution in [1.29, 1.82) is 0 Å². The van der Waals surface area contributed by atoms with Crippen LogP contribution in [-0.4, -0.2) is 59.8 Å². The van der Waals surface area contributed by atoms with E-state index >= 15 is 0 Å². The fraction of sp³-hybridized carbons (Fsp3) is 0.882. The molecule has 0 aromatic heterocycles. The summed E-state index contributed by atoms with van der Waals surface area (Å²) in [4.78, 5) is 24.3. The molecule has 0 saturated heterocycles. The number of carbonyl (C=O) groups excluding carboxylic acids is 2. The van der Waals surface area contributed by atoms with Crippen LogP contribution in [0.3, 0.4) is 0 Å². The summed E-state index contributed by atoms with van der Waals surface area (Å²) < 4.78 is 15.8. The number of hydrogen-bond donors (Lipinski definition) is 2. The summed E-state index contributed by atoms with van der Waals surface area (Å²) in [5.74, 6) is -3.04. The number of aliphatic hydroxyl groups excluding tert-OH is 2. The number of hydrogen-bond acceptors (Lipinski definition) is 7. The van der Waals surface area contributed by atoms with Crippen molar-refractivity contribution in [2.75, 3.05) is 13.2 Å². The number of carbonyl (C=O) groups is 2. The van der Waals surface area contributed by atoms with Gasteiger partial charge in [-0.15, -0.1) is 0 Å². The molecule has 1 rings (SSSR count). The molecule has 140 valence electrons. The van der Waals surface area contributed by atoms with E-state index in [2.05, 4.69) is 0 Å². The van der Waals surface area contributed by atoms with E-state index in [-0.39, 0.29) is 25.7 Å². The highest BCUT2D eigenvalue weighted by Crippen LogP contribution is 2.34. The molecule has 0 radical (unpaired) electrons. The highest BCUT2D eigenvalue weighted by Gasteiger charge is 2.51. The fourth-order valence-corrected chi connectivity index (χ4v) is 3.05. The predicted octanol–water partition coefficient (Wildman–Crippen LogP) is 1.04. The van der Waals surface area contributed by atoms with E-state index < -0.39 is 42.1 Å². The first-order valence-electron chi connectivity index (χ1n) is 8.75. The molecule has 5 atom stereocenters. The molecular weight excluding hydrogens is 316 g/mol. The van der Waals surface area contributed by atoms with Crippen molar-refractivity contribution in [1.82, 2.24) is 0 Å². The minimum Gasteiger partial charge on any atom is -0.466 e. The zero-order chi connectivity index (χ0) is 18.3. The molecule has 0 heterocycles. The standard InChI is InChI=1S/C17H30O7/c1-5-10(6-2)24-15-13(18)11(16(20)22-7-3)9-12(14(15)19)17(21)23-8-4/h10-15,18-19H,5-9H2,1-4H3/t11-,12+,13-,14+,15?. The molecular formula is C17H30O7. The Bertz CT molecular complexity index is 378. The van der Waals surface area contributed by atoms with Gasteiger partial charge in [0, 0.05) is 0 Å². The third-order valence-corrected chi connectivity index (χ3v) is 4.44. The number of esters is 2. The molecule has 0 aromatic carbocycles. The Hall–Kier alpha value is -1.18. The molecule has 1 aliphatic rings. The second kappa shape index (κ2) is 9.96. The Morgan fingerprint density at radius 2 is 1.33 bits per heavy atom. The third-order valence-electron chi connectivity index (χ3n) is 4.44. The third kappa shape index (κ3) is 4.91. The maximum Gasteiger partial charge on any atom is 0.311 e. The van der Waals surface area contributed by atoms with Crippen LogP contribution >= 0.6 is 0 Å². The van der Waals surface area contributed by atoms with Crippen molar-refractivity contribution < 1.29 is 34.0 Å². The van der Waals surface area contributed by atoms with Crippen molar-refractivity contribution in [3.05, 3.63) is 0 Å². The lowest BCUT2D eigenvalue weighted by atomic mass is 9.75. The van der Waals surface area contributed by atoms with Gasteiger partial charge in [0.1, 0.15) is 6.10 Å². The van der Waals surface area contributed by atoms with Gasteiger partial charge in [-0.2, -0.15) is 0 Å². The minimum atomic E-state index is -1.23. The summed E-state index contributed by atoms with van der Waals surface area (Å²) in [5.41, 5.74) is 0. The molecule has 24 heavy (non-hydrogen) atoms. The van der Waals surface area contributed by atoms with Gasteiger partial charge >= 0.3 is 11.9 Å². The lowest BCUT2D eigenvalue weighted by Gasteiger charge is -2.41. The summed E-state index contributed by atoms with van der Waals surface area (Å²) in [6, 6.07) is 0. The molecule has 1 saturated carbocycles. The van der Waals surface area contributed by atoms with E-state index in [1.165, 1.54) is 0 Å². The molecule has 0 aliphatic heterocycles. The first-order chi connectivity index (χ1) is 11.4. The van der Waals surface area contributed by atoms with Crippen LogP contribution in [0.15, 0.2) is 0 Å². The highest BCUT2D eigenvalue weighted by molar-refractivity contribution is 5.78. The average molecular weight is 346 g/mol. The Morgan fingerprint density at radius 3 is 1.67 bits per heavy atom. The molecule has 7 nitrogen and oxygen atoms in total. The largest absolute Gasteiger partial charge is 0.466 e. The van der Waals surface area contributed by atoms with Crippen LogP contribution in [0.25, 0.3) is 0 Å². The van der Waals surface area contributed by atoms with Crippen molar-refractivity contribution in [2.24, 2.45) is 11.8 Å². The van der Waals surface area contributed by atoms with Crippen LogP contribution < -0.4 is 0 Å². The Morgan fingerprint density at radius 1 is 0.917 bits per heavy atom. The second-order valence-corrected chi connectivity index (χ2v) is 5.97. The highest BCUT2D eigenvalue weighted by atomic mass is 16.5. The maximum absolute atomic E-state index is 12.1. The topological polar surface area (TPSA) is 102 Å². The Balaban J connectivity index is 3.03. The van der Waals surface area contributed by atoms with Crippen molar-refractivity contribution >= 4 is 11.9 Å². The van der Waals surface area contributed by atoms with Crippen LogP contribution in [0.4, 0.5) is 0 Å². The quantitative estimate of drug-likeness (QED) is 0.633. The van der Waals surface area contributed by atoms with E-state index in [1.54, 1.807) is 13.8 Å². The van der Waals surface area contributed by atoms with Gasteiger partial charge in [0.2, 0.25) is 0 Å². The van der Waals surface area contributed by atoms with Gasteiger partial charge in [-0.1, -0.05) is 13.8 Å². The van der Waals surface area contributed by atoms with Gasteiger partial charge in [0.05, 0.1) is 43.4 Å². The van der Waals surface area contributed by atoms with Gasteiger partial charge in [0.25, 0.3) is 0 Å². The lowest BCUT2D eigenvalue weighted by molar-refractivity contribution is -0.201. The zero-order valence-corrected chi connectivity index (χ0v) is 14.9. The first kappa shape index (κ1) is 20.9. The molecule has 0 bridgehead atoms. The minimum absolute atomic E-state index is 0.0250. The van der Waals surface area contributed by atoms with Gasteiger partial charge in [0.15, 0.2) is 0 Å². The van der Waals surface area contributed by atoms with Gasteiger partial charge in [-0.25, -0.2) is 0 Å². The summed E-state index contributed by atoms with van der Waals surface area (Å²) in [6.45, 7) is 7.55. The first-order valence-corrected chi connectivity index (χ1v) is 8.75. The van der Waals surface area contributed by atoms with E-state index in [0.29, 0.717) is 12.8 Å². The molecule has 1 fully saturated rings. The number of aliphatic hydroxyl groups is 2. The van der Waals surface area contributed by atoms with Crippen molar-refractivity contribution in [3.8, 4) is 0 Å². The lowest BCUT2D eigenvalue weighted by Crippen LogP contribution is -2.57. The molecule has 2 N–H and O–H groups in total. The predicted molar refractivity (Wildman–Crippen MR) is 86.1 cm³/mol. The summed E-state index contributed by atoms with van der Waals surface area (Å²) in [5, 5.41) is 21.1. The van der Waals surface area contributed by atoms with Crippen LogP contribution in [0.5, 0.6) is 0 Å². The number of rotatable bonds is 8. The SMILES string of the molecule is CCOC(=O)[C@H]1C[C@@H](C(=O)OCC)[C@@H](O)C(OC(CC)CC)[C@H]1O. The van der Waals surface area contributed by atoms with E-state index in [1.807, 2.05) is 13.8 Å². The van der Waals surface area contributed by atoms with Gasteiger partial charge < -0.3 is 24.4 Å². The fourth-order valence-electron chi connectivity index (χ4n) is 3.05. The zero-order valence-electron chi connectivity index (χ0n) is 14.9. The second-order valence-electron chi connectivity index (χ2n) is 5.97. The van der Waals surface area contributed by atoms with Crippen molar-refractivity contribution in [3.63, 3.8) is 0 Å². The summed E-state index contributed by atoms with van der Waals surface area (Å²) in [7, 11) is 0. The maximum atomic E-state index is 12.1. The Kier molecular flexibility index (Phi) is 8.66. The molecule has 0 aromatic rings. The van der Waals surface area contributed by atoms with Crippen molar-refractivity contribution in [2.45, 2.75) is 71.4 Å². The summed E-state index contributed by atoms with van der Waals surface area (Å²) in [6.07, 6.45) is -2.31. The van der Waals surface area contributed by atoms with Crippen LogP contribution in [0, 0.1) is 11.8 Å². The molecule has 0 amide bonds. The monoisotopic (exact) mass is 346 g/mol. The Labute approximate surface area is 143 Å². The van der Waals surface area contributed by atoms with Crippen LogP contribution in [0.1, 0.15) is 47.0 Å². The smallest absolute Gasteiger partial charge is 0.311 e. The average Bonchev–Trinajstić information content (AvgIpc) is 2.55. The van der Waals surface area contributed by atoms with Gasteiger partial charge in [-0.3, -0.25) is 9.59 Å². The molecule has 1 aliphatic carbocycles. The molecule has 1 unspecified atom stereocenters. The van der Waals surface area contributed by atoms with E-state index in [0.717, 1.165) is 0 Å². The normalized spacial score (nSPS) is 30.2. The van der Waals surface area contributed by atoms with Gasteiger partial charge in [-0.05, 0) is 33.1 Å². The molecule has 0 spiro atoms.